The molecule has 7 heteroatoms. The number of aromatic nitrogens is 2. The highest BCUT2D eigenvalue weighted by molar-refractivity contribution is 5.45. The lowest BCUT2D eigenvalue weighted by Gasteiger charge is -2.25. The van der Waals surface area contributed by atoms with E-state index in [9.17, 15) is 0 Å². The molecule has 0 radical (unpaired) electrons. The van der Waals surface area contributed by atoms with Gasteiger partial charge in [0.1, 0.15) is 13.2 Å². The van der Waals surface area contributed by atoms with Crippen LogP contribution in [0.5, 0.6) is 11.5 Å². The maximum absolute atomic E-state index is 5.76. The van der Waals surface area contributed by atoms with E-state index in [2.05, 4.69) is 27.2 Å². The molecule has 1 atom stereocenters. The Kier molecular flexibility index (Phi) is 3.86. The van der Waals surface area contributed by atoms with E-state index in [-0.39, 0.29) is 0 Å². The van der Waals surface area contributed by atoms with Gasteiger partial charge in [-0.1, -0.05) is 6.07 Å². The van der Waals surface area contributed by atoms with Gasteiger partial charge in [-0.15, -0.1) is 10.2 Å². The molecule has 0 spiro atoms. The lowest BCUT2D eigenvalue weighted by Crippen LogP contribution is -2.23. The fourth-order valence-corrected chi connectivity index (χ4v) is 3.65. The Morgan fingerprint density at radius 3 is 2.88 bits per heavy atom. The van der Waals surface area contributed by atoms with Gasteiger partial charge in [0, 0.05) is 6.04 Å². The van der Waals surface area contributed by atoms with Crippen molar-refractivity contribution in [2.75, 3.05) is 19.8 Å². The fraction of sp³-hybridized carbons (Fsp3) is 0.368. The molecule has 134 valence electrons. The van der Waals surface area contributed by atoms with Crippen molar-refractivity contribution in [1.29, 1.82) is 0 Å². The summed E-state index contributed by atoms with van der Waals surface area (Å²) in [5.41, 5.74) is 1.23. The second-order valence-corrected chi connectivity index (χ2v) is 6.51. The van der Waals surface area contributed by atoms with Gasteiger partial charge in [0.15, 0.2) is 17.3 Å². The van der Waals surface area contributed by atoms with Crippen molar-refractivity contribution in [3.63, 3.8) is 0 Å². The van der Waals surface area contributed by atoms with Gasteiger partial charge in [0.05, 0.1) is 12.8 Å². The highest BCUT2D eigenvalue weighted by Gasteiger charge is 2.29. The summed E-state index contributed by atoms with van der Waals surface area (Å²) in [5.74, 6) is 3.26. The molecule has 2 aliphatic heterocycles. The van der Waals surface area contributed by atoms with Crippen LogP contribution in [-0.2, 0) is 6.54 Å². The van der Waals surface area contributed by atoms with Gasteiger partial charge in [0.25, 0.3) is 5.89 Å². The number of hydrogen-bond donors (Lipinski definition) is 0. The van der Waals surface area contributed by atoms with Crippen molar-refractivity contribution >= 4 is 0 Å². The highest BCUT2D eigenvalue weighted by Crippen LogP contribution is 2.38. The predicted molar refractivity (Wildman–Crippen MR) is 91.8 cm³/mol. The minimum absolute atomic E-state index is 0.310. The molecule has 0 amide bonds. The summed E-state index contributed by atoms with van der Waals surface area (Å²) in [6.07, 6.45) is 3.83. The smallest absolute Gasteiger partial charge is 0.283 e. The standard InChI is InChI=1S/C19H19N3O4/c1-3-14(13-5-6-15-17(11-13)25-10-9-24-15)22(7-1)12-18-20-21-19(26-18)16-4-2-8-23-16/h2,4-6,8,11,14H,1,3,7,9-10,12H2. The molecule has 0 bridgehead atoms. The van der Waals surface area contributed by atoms with Crippen LogP contribution in [0.4, 0.5) is 0 Å². The van der Waals surface area contributed by atoms with Crippen LogP contribution in [0.3, 0.4) is 0 Å². The SMILES string of the molecule is c1coc(-c2nnc(CN3CCCC3c3ccc4c(c3)OCCO4)o2)c1. The van der Waals surface area contributed by atoms with Crippen molar-refractivity contribution in [1.82, 2.24) is 15.1 Å². The van der Waals surface area contributed by atoms with Crippen molar-refractivity contribution in [2.45, 2.75) is 25.4 Å². The van der Waals surface area contributed by atoms with Crippen LogP contribution in [0.2, 0.25) is 0 Å². The van der Waals surface area contributed by atoms with E-state index in [1.807, 2.05) is 12.1 Å². The van der Waals surface area contributed by atoms with Crippen LogP contribution in [0.1, 0.15) is 30.3 Å². The average Bonchev–Trinajstić information content (AvgIpc) is 3.43. The molecule has 4 heterocycles. The van der Waals surface area contributed by atoms with E-state index in [0.717, 1.165) is 30.9 Å². The fourth-order valence-electron chi connectivity index (χ4n) is 3.65. The third-order valence-electron chi connectivity index (χ3n) is 4.85. The van der Waals surface area contributed by atoms with Gasteiger partial charge in [-0.2, -0.15) is 0 Å². The van der Waals surface area contributed by atoms with E-state index < -0.39 is 0 Å². The lowest BCUT2D eigenvalue weighted by molar-refractivity contribution is 0.170. The number of rotatable bonds is 4. The molecule has 2 aromatic heterocycles. The molecule has 1 saturated heterocycles. The first kappa shape index (κ1) is 15.5. The number of furan rings is 1. The molecule has 5 rings (SSSR count). The molecule has 7 nitrogen and oxygen atoms in total. The molecule has 0 N–H and O–H groups in total. The third-order valence-corrected chi connectivity index (χ3v) is 4.85. The monoisotopic (exact) mass is 353 g/mol. The summed E-state index contributed by atoms with van der Waals surface area (Å²) in [6, 6.07) is 10.1. The van der Waals surface area contributed by atoms with Crippen LogP contribution >= 0.6 is 0 Å². The van der Waals surface area contributed by atoms with E-state index in [1.54, 1.807) is 12.3 Å². The lowest BCUT2D eigenvalue weighted by atomic mass is 10.0. The summed E-state index contributed by atoms with van der Waals surface area (Å²) in [7, 11) is 0. The number of hydrogen-bond acceptors (Lipinski definition) is 7. The molecule has 2 aliphatic rings. The summed E-state index contributed by atoms with van der Waals surface area (Å²) in [5, 5.41) is 8.25. The number of fused-ring (bicyclic) bond motifs is 1. The first-order chi connectivity index (χ1) is 12.9. The molecule has 1 fully saturated rings. The quantitative estimate of drug-likeness (QED) is 0.711. The third kappa shape index (κ3) is 2.84. The normalized spacial score (nSPS) is 19.8. The minimum Gasteiger partial charge on any atom is -0.486 e. The van der Waals surface area contributed by atoms with E-state index in [0.29, 0.717) is 43.3 Å². The molecular formula is C19H19N3O4. The number of benzene rings is 1. The minimum atomic E-state index is 0.310. The predicted octanol–water partition coefficient (Wildman–Crippen LogP) is 3.44. The van der Waals surface area contributed by atoms with E-state index >= 15 is 0 Å². The van der Waals surface area contributed by atoms with Gasteiger partial charge in [-0.05, 0) is 49.2 Å². The molecule has 1 unspecified atom stereocenters. The van der Waals surface area contributed by atoms with Crippen molar-refractivity contribution in [3.05, 3.63) is 48.0 Å². The van der Waals surface area contributed by atoms with Gasteiger partial charge in [-0.3, -0.25) is 4.90 Å². The Hall–Kier alpha value is -2.80. The molecule has 0 saturated carbocycles. The Morgan fingerprint density at radius 2 is 2.00 bits per heavy atom. The molecule has 3 aromatic rings. The average molecular weight is 353 g/mol. The molecule has 26 heavy (non-hydrogen) atoms. The van der Waals surface area contributed by atoms with Crippen molar-refractivity contribution in [3.8, 4) is 23.1 Å². The van der Waals surface area contributed by atoms with Gasteiger partial charge < -0.3 is 18.3 Å². The first-order valence-corrected chi connectivity index (χ1v) is 8.87. The van der Waals surface area contributed by atoms with Gasteiger partial charge in [0.2, 0.25) is 5.89 Å². The maximum Gasteiger partial charge on any atom is 0.283 e. The van der Waals surface area contributed by atoms with Crippen LogP contribution in [0, 0.1) is 0 Å². The molecular weight excluding hydrogens is 334 g/mol. The summed E-state index contributed by atoms with van der Waals surface area (Å²) >= 11 is 0. The zero-order valence-electron chi connectivity index (χ0n) is 14.3. The van der Waals surface area contributed by atoms with E-state index in [1.165, 1.54) is 5.56 Å². The van der Waals surface area contributed by atoms with Crippen LogP contribution in [0.25, 0.3) is 11.7 Å². The van der Waals surface area contributed by atoms with Gasteiger partial charge >= 0.3 is 0 Å². The highest BCUT2D eigenvalue weighted by atomic mass is 16.6. The largest absolute Gasteiger partial charge is 0.486 e. The summed E-state index contributed by atoms with van der Waals surface area (Å²) in [6.45, 7) is 2.82. The van der Waals surface area contributed by atoms with Crippen LogP contribution in [0.15, 0.2) is 45.4 Å². The second kappa shape index (κ2) is 6.49. The van der Waals surface area contributed by atoms with Crippen molar-refractivity contribution < 1.29 is 18.3 Å². The van der Waals surface area contributed by atoms with E-state index in [4.69, 9.17) is 18.3 Å². The number of ether oxygens (including phenoxy) is 2. The Bertz CT molecular complexity index is 890. The topological polar surface area (TPSA) is 73.8 Å². The Labute approximate surface area is 150 Å². The maximum atomic E-state index is 5.76. The summed E-state index contributed by atoms with van der Waals surface area (Å²) in [4.78, 5) is 2.37. The zero-order chi connectivity index (χ0) is 17.3. The molecule has 0 aliphatic carbocycles. The van der Waals surface area contributed by atoms with Crippen LogP contribution in [-0.4, -0.2) is 34.9 Å². The number of likely N-dealkylation sites (tertiary alicyclic amines) is 1. The Morgan fingerprint density at radius 1 is 1.08 bits per heavy atom. The second-order valence-electron chi connectivity index (χ2n) is 6.51. The first-order valence-electron chi connectivity index (χ1n) is 8.87. The molecule has 1 aromatic carbocycles. The zero-order valence-corrected chi connectivity index (χ0v) is 14.3. The van der Waals surface area contributed by atoms with Crippen LogP contribution < -0.4 is 9.47 Å². The Balaban J connectivity index is 1.34. The van der Waals surface area contributed by atoms with Gasteiger partial charge in [-0.25, -0.2) is 0 Å². The number of nitrogens with zero attached hydrogens (tertiary/aromatic N) is 3. The van der Waals surface area contributed by atoms with Crippen molar-refractivity contribution in [2.24, 2.45) is 0 Å². The summed E-state index contributed by atoms with van der Waals surface area (Å²) < 4.78 is 22.4.